The van der Waals surface area contributed by atoms with E-state index >= 15 is 0 Å². The van der Waals surface area contributed by atoms with Crippen molar-refractivity contribution >= 4 is 5.69 Å². The molecule has 0 amide bonds. The molecule has 1 atom stereocenters. The van der Waals surface area contributed by atoms with Crippen LogP contribution in [-0.2, 0) is 0 Å². The number of aryl methyl sites for hydroxylation is 2. The molecule has 0 aliphatic heterocycles. The Hall–Kier alpha value is -2.61. The van der Waals surface area contributed by atoms with Crippen LogP contribution in [0.5, 0.6) is 0 Å². The van der Waals surface area contributed by atoms with Crippen molar-refractivity contribution in [3.05, 3.63) is 94.8 Å². The summed E-state index contributed by atoms with van der Waals surface area (Å²) < 4.78 is 0. The minimum absolute atomic E-state index is 0.0274. The fourth-order valence-corrected chi connectivity index (χ4v) is 3.34. The molecule has 2 heteroatoms. The molecule has 3 aromatic rings. The van der Waals surface area contributed by atoms with Crippen molar-refractivity contribution in [2.24, 2.45) is 0 Å². The normalized spacial score (nSPS) is 12.2. The summed E-state index contributed by atoms with van der Waals surface area (Å²) in [5.41, 5.74) is 7.39. The largest absolute Gasteiger partial charge is 0.372 e. The highest BCUT2D eigenvalue weighted by Gasteiger charge is 2.20. The molecule has 25 heavy (non-hydrogen) atoms. The fraction of sp³-hybridized carbons (Fsp3) is 0.261. The van der Waals surface area contributed by atoms with Crippen LogP contribution >= 0.6 is 0 Å². The average Bonchev–Trinajstić information content (AvgIpc) is 2.62. The van der Waals surface area contributed by atoms with Gasteiger partial charge in [0, 0.05) is 11.9 Å². The second kappa shape index (κ2) is 7.52. The Morgan fingerprint density at radius 3 is 2.00 bits per heavy atom. The Balaban J connectivity index is 2.12. The van der Waals surface area contributed by atoms with Gasteiger partial charge < -0.3 is 5.32 Å². The van der Waals surface area contributed by atoms with Crippen LogP contribution in [0.4, 0.5) is 5.69 Å². The van der Waals surface area contributed by atoms with Gasteiger partial charge in [-0.25, -0.2) is 0 Å². The molecular weight excluding hydrogens is 304 g/mol. The zero-order valence-electron chi connectivity index (χ0n) is 15.5. The molecule has 0 saturated heterocycles. The number of para-hydroxylation sites is 1. The van der Waals surface area contributed by atoms with Crippen molar-refractivity contribution < 1.29 is 0 Å². The first kappa shape index (κ1) is 17.2. The predicted molar refractivity (Wildman–Crippen MR) is 106 cm³/mol. The first-order chi connectivity index (χ1) is 12.1. The number of pyridine rings is 1. The molecule has 1 N–H and O–H groups in total. The summed E-state index contributed by atoms with van der Waals surface area (Å²) in [5.74, 6) is 0.460. The zero-order chi connectivity index (χ0) is 17.8. The van der Waals surface area contributed by atoms with Crippen molar-refractivity contribution in [1.29, 1.82) is 0 Å². The van der Waals surface area contributed by atoms with E-state index in [9.17, 15) is 0 Å². The highest BCUT2D eigenvalue weighted by Crippen LogP contribution is 2.33. The number of nitrogens with one attached hydrogen (secondary N) is 1. The average molecular weight is 330 g/mol. The molecule has 2 aromatic carbocycles. The summed E-state index contributed by atoms with van der Waals surface area (Å²) in [5, 5.41) is 3.78. The second-order valence-corrected chi connectivity index (χ2v) is 6.88. The molecule has 0 radical (unpaired) electrons. The predicted octanol–water partition coefficient (Wildman–Crippen LogP) is 6.02. The molecule has 2 nitrogen and oxygen atoms in total. The first-order valence-electron chi connectivity index (χ1n) is 8.90. The highest BCUT2D eigenvalue weighted by molar-refractivity contribution is 5.59. The summed E-state index contributed by atoms with van der Waals surface area (Å²) in [6.45, 7) is 8.79. The molecular formula is C23H26N2. The van der Waals surface area contributed by atoms with Crippen LogP contribution < -0.4 is 5.32 Å². The summed E-state index contributed by atoms with van der Waals surface area (Å²) in [6.07, 6.45) is 1.87. The summed E-state index contributed by atoms with van der Waals surface area (Å²) in [4.78, 5) is 4.65. The number of aromatic nitrogens is 1. The molecule has 3 rings (SSSR count). The lowest BCUT2D eigenvalue weighted by Gasteiger charge is -2.26. The molecule has 128 valence electrons. The lowest BCUT2D eigenvalue weighted by Crippen LogP contribution is -2.17. The van der Waals surface area contributed by atoms with Crippen LogP contribution in [0.1, 0.15) is 53.8 Å². The third-order valence-corrected chi connectivity index (χ3v) is 4.68. The SMILES string of the molecule is Cc1cccc(C)c1NC(c1ccccn1)c1ccccc1C(C)C. The molecule has 0 bridgehead atoms. The Morgan fingerprint density at radius 2 is 1.40 bits per heavy atom. The number of hydrogen-bond acceptors (Lipinski definition) is 2. The van der Waals surface area contributed by atoms with E-state index in [1.54, 1.807) is 0 Å². The number of anilines is 1. The van der Waals surface area contributed by atoms with E-state index in [0.717, 1.165) is 5.69 Å². The van der Waals surface area contributed by atoms with Gasteiger partial charge in [-0.1, -0.05) is 62.4 Å². The van der Waals surface area contributed by atoms with Gasteiger partial charge in [0.2, 0.25) is 0 Å². The van der Waals surface area contributed by atoms with Gasteiger partial charge in [0.25, 0.3) is 0 Å². The van der Waals surface area contributed by atoms with E-state index in [2.05, 4.69) is 92.6 Å². The van der Waals surface area contributed by atoms with Crippen molar-refractivity contribution in [3.63, 3.8) is 0 Å². The molecule has 0 aliphatic rings. The van der Waals surface area contributed by atoms with E-state index < -0.39 is 0 Å². The molecule has 0 fully saturated rings. The smallest absolute Gasteiger partial charge is 0.0942 e. The third-order valence-electron chi connectivity index (χ3n) is 4.68. The van der Waals surface area contributed by atoms with Crippen LogP contribution in [0.25, 0.3) is 0 Å². The molecule has 0 saturated carbocycles. The molecule has 0 spiro atoms. The van der Waals surface area contributed by atoms with Gasteiger partial charge in [-0.05, 0) is 54.2 Å². The summed E-state index contributed by atoms with van der Waals surface area (Å²) in [7, 11) is 0. The van der Waals surface area contributed by atoms with Crippen LogP contribution in [0.2, 0.25) is 0 Å². The Morgan fingerprint density at radius 1 is 0.760 bits per heavy atom. The van der Waals surface area contributed by atoms with Gasteiger partial charge in [-0.15, -0.1) is 0 Å². The quantitative estimate of drug-likeness (QED) is 0.618. The molecule has 1 aromatic heterocycles. The Kier molecular flexibility index (Phi) is 5.18. The zero-order valence-corrected chi connectivity index (χ0v) is 15.5. The van der Waals surface area contributed by atoms with Gasteiger partial charge in [0.1, 0.15) is 0 Å². The van der Waals surface area contributed by atoms with Crippen molar-refractivity contribution in [2.75, 3.05) is 5.32 Å². The number of benzene rings is 2. The van der Waals surface area contributed by atoms with Gasteiger partial charge in [-0.2, -0.15) is 0 Å². The van der Waals surface area contributed by atoms with E-state index in [4.69, 9.17) is 0 Å². The lowest BCUT2D eigenvalue weighted by atomic mass is 9.90. The minimum Gasteiger partial charge on any atom is -0.372 e. The van der Waals surface area contributed by atoms with Crippen LogP contribution in [0, 0.1) is 13.8 Å². The maximum absolute atomic E-state index is 4.65. The van der Waals surface area contributed by atoms with Gasteiger partial charge in [0.05, 0.1) is 11.7 Å². The number of nitrogens with zero attached hydrogens (tertiary/aromatic N) is 1. The maximum Gasteiger partial charge on any atom is 0.0942 e. The highest BCUT2D eigenvalue weighted by atomic mass is 15.0. The molecule has 0 aliphatic carbocycles. The maximum atomic E-state index is 4.65. The van der Waals surface area contributed by atoms with Crippen LogP contribution in [0.15, 0.2) is 66.9 Å². The third kappa shape index (κ3) is 3.74. The Bertz CT molecular complexity index is 817. The lowest BCUT2D eigenvalue weighted by molar-refractivity contribution is 0.803. The number of hydrogen-bond donors (Lipinski definition) is 1. The number of rotatable bonds is 5. The van der Waals surface area contributed by atoms with Gasteiger partial charge in [-0.3, -0.25) is 4.98 Å². The minimum atomic E-state index is 0.0274. The Labute approximate surface area is 151 Å². The monoisotopic (exact) mass is 330 g/mol. The van der Waals surface area contributed by atoms with Crippen molar-refractivity contribution in [2.45, 2.75) is 39.7 Å². The summed E-state index contributed by atoms with van der Waals surface area (Å²) in [6, 6.07) is 21.2. The van der Waals surface area contributed by atoms with Crippen molar-refractivity contribution in [1.82, 2.24) is 4.98 Å². The van der Waals surface area contributed by atoms with Crippen LogP contribution in [0.3, 0.4) is 0 Å². The fourth-order valence-electron chi connectivity index (χ4n) is 3.34. The van der Waals surface area contributed by atoms with E-state index in [0.29, 0.717) is 5.92 Å². The van der Waals surface area contributed by atoms with E-state index in [-0.39, 0.29) is 6.04 Å². The van der Waals surface area contributed by atoms with Gasteiger partial charge in [0.15, 0.2) is 0 Å². The molecule has 1 unspecified atom stereocenters. The van der Waals surface area contributed by atoms with Crippen molar-refractivity contribution in [3.8, 4) is 0 Å². The van der Waals surface area contributed by atoms with Crippen LogP contribution in [-0.4, -0.2) is 4.98 Å². The summed E-state index contributed by atoms with van der Waals surface area (Å²) >= 11 is 0. The van der Waals surface area contributed by atoms with Gasteiger partial charge >= 0.3 is 0 Å². The standard InChI is InChI=1S/C23H26N2/c1-16(2)19-12-5-6-13-20(19)23(21-14-7-8-15-24-21)25-22-17(3)10-9-11-18(22)4/h5-16,23,25H,1-4H3. The second-order valence-electron chi connectivity index (χ2n) is 6.88. The molecule has 1 heterocycles. The topological polar surface area (TPSA) is 24.9 Å². The first-order valence-corrected chi connectivity index (χ1v) is 8.90. The van der Waals surface area contributed by atoms with E-state index in [1.165, 1.54) is 27.9 Å². The van der Waals surface area contributed by atoms with E-state index in [1.807, 2.05) is 12.3 Å².